The lowest BCUT2D eigenvalue weighted by molar-refractivity contribution is -0.137. The molecule has 0 saturated carbocycles. The molecular weight excluding hydrogens is 494 g/mol. The van der Waals surface area contributed by atoms with Crippen LogP contribution in [0.5, 0.6) is 0 Å². The average Bonchev–Trinajstić information content (AvgIpc) is 3.36. The summed E-state index contributed by atoms with van der Waals surface area (Å²) in [6.07, 6.45) is -0.301. The van der Waals surface area contributed by atoms with Crippen molar-refractivity contribution in [1.29, 1.82) is 0 Å². The fourth-order valence-corrected chi connectivity index (χ4v) is 4.24. The number of aliphatic carboxylic acids is 1. The van der Waals surface area contributed by atoms with Crippen molar-refractivity contribution in [2.45, 2.75) is 32.0 Å². The van der Waals surface area contributed by atoms with E-state index >= 15 is 0 Å². The maximum Gasteiger partial charge on any atom is 0.320 e. The minimum Gasteiger partial charge on any atom is -0.481 e. The van der Waals surface area contributed by atoms with Crippen LogP contribution in [-0.2, 0) is 22.7 Å². The van der Waals surface area contributed by atoms with Gasteiger partial charge in [0.2, 0.25) is 5.91 Å². The Morgan fingerprint density at radius 3 is 2.30 bits per heavy atom. The van der Waals surface area contributed by atoms with E-state index < -0.39 is 17.9 Å². The molecule has 0 spiro atoms. The van der Waals surface area contributed by atoms with Gasteiger partial charge in [-0.2, -0.15) is 0 Å². The van der Waals surface area contributed by atoms with Crippen LogP contribution >= 0.6 is 11.3 Å². The standard InChI is InChI=1S/C26H29N5O5S/c27-15-17-6-8-19(9-7-17)20(14-24(33)34)30-22(32)12-13-28-25(35)21-10-11-23(37-21)31-26(36)29-16-18-4-2-1-3-5-18/h1-11,20H,12-16,27H2,(H,28,35)(H,30,32)(H,33,34)(H2,29,31,36). The van der Waals surface area contributed by atoms with Crippen LogP contribution in [0.15, 0.2) is 66.7 Å². The maximum atomic E-state index is 12.4. The molecule has 0 aliphatic carbocycles. The SMILES string of the molecule is NCc1ccc(C(CC(=O)O)NC(=O)CCNC(=O)c2ccc(NC(=O)NCc3ccccc3)s2)cc1. The number of carboxylic acids is 1. The monoisotopic (exact) mass is 523 g/mol. The van der Waals surface area contributed by atoms with Crippen LogP contribution in [0.25, 0.3) is 0 Å². The number of carboxylic acid groups (broad SMARTS) is 1. The molecule has 1 aromatic heterocycles. The van der Waals surface area contributed by atoms with Crippen molar-refractivity contribution in [3.05, 3.63) is 88.3 Å². The third kappa shape index (κ3) is 9.06. The first-order valence-corrected chi connectivity index (χ1v) is 12.4. The lowest BCUT2D eigenvalue weighted by Crippen LogP contribution is -2.33. The quantitative estimate of drug-likeness (QED) is 0.214. The lowest BCUT2D eigenvalue weighted by Gasteiger charge is -2.18. The average molecular weight is 524 g/mol. The molecule has 3 aromatic rings. The summed E-state index contributed by atoms with van der Waals surface area (Å²) >= 11 is 1.11. The van der Waals surface area contributed by atoms with Gasteiger partial charge in [0.1, 0.15) is 0 Å². The van der Waals surface area contributed by atoms with Gasteiger partial charge in [-0.05, 0) is 28.8 Å². The Morgan fingerprint density at radius 1 is 0.892 bits per heavy atom. The van der Waals surface area contributed by atoms with Crippen molar-refractivity contribution in [3.8, 4) is 0 Å². The highest BCUT2D eigenvalue weighted by Gasteiger charge is 2.18. The molecule has 1 unspecified atom stereocenters. The zero-order valence-electron chi connectivity index (χ0n) is 20.0. The van der Waals surface area contributed by atoms with Crippen LogP contribution in [0.2, 0.25) is 0 Å². The normalized spacial score (nSPS) is 11.3. The van der Waals surface area contributed by atoms with Gasteiger partial charge in [-0.25, -0.2) is 4.79 Å². The number of hydrogen-bond acceptors (Lipinski definition) is 6. The van der Waals surface area contributed by atoms with Crippen molar-refractivity contribution in [1.82, 2.24) is 16.0 Å². The summed E-state index contributed by atoms with van der Waals surface area (Å²) in [5.41, 5.74) is 8.11. The van der Waals surface area contributed by atoms with Gasteiger partial charge in [0.05, 0.1) is 22.3 Å². The summed E-state index contributed by atoms with van der Waals surface area (Å²) in [5.74, 6) is -1.81. The molecule has 0 radical (unpaired) electrons. The molecule has 0 bridgehead atoms. The largest absolute Gasteiger partial charge is 0.481 e. The van der Waals surface area contributed by atoms with Gasteiger partial charge >= 0.3 is 12.0 Å². The molecule has 3 rings (SSSR count). The number of carbonyl (C=O) groups is 4. The van der Waals surface area contributed by atoms with E-state index in [4.69, 9.17) is 5.73 Å². The number of nitrogens with one attached hydrogen (secondary N) is 4. The molecular formula is C26H29N5O5S. The van der Waals surface area contributed by atoms with E-state index in [1.54, 1.807) is 36.4 Å². The fourth-order valence-electron chi connectivity index (χ4n) is 3.42. The lowest BCUT2D eigenvalue weighted by atomic mass is 10.0. The van der Waals surface area contributed by atoms with Crippen molar-refractivity contribution in [2.75, 3.05) is 11.9 Å². The Hall–Kier alpha value is -4.22. The van der Waals surface area contributed by atoms with Gasteiger partial charge in [0.15, 0.2) is 0 Å². The van der Waals surface area contributed by atoms with Crippen molar-refractivity contribution >= 4 is 40.2 Å². The number of carbonyl (C=O) groups excluding carboxylic acids is 3. The van der Waals surface area contributed by atoms with Crippen LogP contribution in [0.3, 0.4) is 0 Å². The maximum absolute atomic E-state index is 12.4. The summed E-state index contributed by atoms with van der Waals surface area (Å²) < 4.78 is 0. The molecule has 10 nitrogen and oxygen atoms in total. The molecule has 1 atom stereocenters. The van der Waals surface area contributed by atoms with Gasteiger partial charge in [0, 0.05) is 26.1 Å². The summed E-state index contributed by atoms with van der Waals surface area (Å²) in [5, 5.41) is 20.5. The molecule has 7 N–H and O–H groups in total. The number of nitrogens with two attached hydrogens (primary N) is 1. The molecule has 1 heterocycles. The highest BCUT2D eigenvalue weighted by Crippen LogP contribution is 2.22. The van der Waals surface area contributed by atoms with Crippen LogP contribution in [0.4, 0.5) is 9.80 Å². The first kappa shape index (κ1) is 27.4. The zero-order chi connectivity index (χ0) is 26.6. The second-order valence-electron chi connectivity index (χ2n) is 8.13. The number of hydrogen-bond donors (Lipinski definition) is 6. The zero-order valence-corrected chi connectivity index (χ0v) is 20.8. The predicted octanol–water partition coefficient (Wildman–Crippen LogP) is 2.98. The Kier molecular flexibility index (Phi) is 10.2. The van der Waals surface area contributed by atoms with Gasteiger partial charge in [0.25, 0.3) is 5.91 Å². The first-order valence-electron chi connectivity index (χ1n) is 11.6. The number of benzene rings is 2. The predicted molar refractivity (Wildman–Crippen MR) is 141 cm³/mol. The Labute approximate surface area is 218 Å². The third-order valence-electron chi connectivity index (χ3n) is 5.33. The molecule has 0 aliphatic heterocycles. The van der Waals surface area contributed by atoms with Gasteiger partial charge < -0.3 is 26.8 Å². The number of amides is 4. The van der Waals surface area contributed by atoms with E-state index in [1.165, 1.54) is 0 Å². The number of thiophene rings is 1. The van der Waals surface area contributed by atoms with Crippen LogP contribution < -0.4 is 27.0 Å². The Balaban J connectivity index is 1.43. The second-order valence-corrected chi connectivity index (χ2v) is 9.21. The van der Waals surface area contributed by atoms with Crippen LogP contribution in [0, 0.1) is 0 Å². The third-order valence-corrected chi connectivity index (χ3v) is 6.33. The van der Waals surface area contributed by atoms with Gasteiger partial charge in [-0.3, -0.25) is 19.7 Å². The number of urea groups is 1. The van der Waals surface area contributed by atoms with Crippen molar-refractivity contribution < 1.29 is 24.3 Å². The van der Waals surface area contributed by atoms with Crippen molar-refractivity contribution in [3.63, 3.8) is 0 Å². The fraction of sp³-hybridized carbons (Fsp3) is 0.231. The second kappa shape index (κ2) is 13.8. The van der Waals surface area contributed by atoms with E-state index in [-0.39, 0.29) is 31.3 Å². The minimum absolute atomic E-state index is 0.0267. The minimum atomic E-state index is -1.04. The topological polar surface area (TPSA) is 163 Å². The summed E-state index contributed by atoms with van der Waals surface area (Å²) in [6.45, 7) is 0.799. The molecule has 0 saturated heterocycles. The molecule has 11 heteroatoms. The summed E-state index contributed by atoms with van der Waals surface area (Å²) in [6, 6.07) is 18.6. The molecule has 2 aromatic carbocycles. The van der Waals surface area contributed by atoms with Gasteiger partial charge in [-0.15, -0.1) is 11.3 Å². The molecule has 4 amide bonds. The van der Waals surface area contributed by atoms with E-state index in [1.807, 2.05) is 30.3 Å². The highest BCUT2D eigenvalue weighted by atomic mass is 32.1. The van der Waals surface area contributed by atoms with Crippen molar-refractivity contribution in [2.24, 2.45) is 5.73 Å². The smallest absolute Gasteiger partial charge is 0.320 e. The van der Waals surface area contributed by atoms with E-state index in [0.717, 1.165) is 22.5 Å². The van der Waals surface area contributed by atoms with E-state index in [2.05, 4.69) is 21.3 Å². The Morgan fingerprint density at radius 2 is 1.62 bits per heavy atom. The highest BCUT2D eigenvalue weighted by molar-refractivity contribution is 7.18. The summed E-state index contributed by atoms with van der Waals surface area (Å²) in [4.78, 5) is 48.6. The number of anilines is 1. The molecule has 194 valence electrons. The molecule has 0 aliphatic rings. The molecule has 37 heavy (non-hydrogen) atoms. The van der Waals surface area contributed by atoms with Crippen LogP contribution in [-0.4, -0.2) is 35.5 Å². The summed E-state index contributed by atoms with van der Waals surface area (Å²) in [7, 11) is 0. The van der Waals surface area contributed by atoms with Crippen LogP contribution in [0.1, 0.15) is 45.2 Å². The van der Waals surface area contributed by atoms with E-state index in [0.29, 0.717) is 28.5 Å². The first-order chi connectivity index (χ1) is 17.8. The molecule has 0 fully saturated rings. The Bertz CT molecular complexity index is 1210. The van der Waals surface area contributed by atoms with E-state index in [9.17, 15) is 24.3 Å². The number of rotatable bonds is 12. The van der Waals surface area contributed by atoms with Gasteiger partial charge in [-0.1, -0.05) is 54.6 Å².